The van der Waals surface area contributed by atoms with Crippen molar-refractivity contribution < 1.29 is 19.5 Å². The second kappa shape index (κ2) is 4.39. The fourth-order valence-corrected chi connectivity index (χ4v) is 1.36. The Kier molecular flexibility index (Phi) is 3.43. The first kappa shape index (κ1) is 10.9. The number of carboxylic acid groups (broad SMARTS) is 1. The number of nitrogens with one attached hydrogen (secondary N) is 2. The molecule has 0 aromatic rings. The van der Waals surface area contributed by atoms with E-state index in [1.807, 2.05) is 0 Å². The highest BCUT2D eigenvalue weighted by Crippen LogP contribution is 2.18. The molecule has 1 unspecified atom stereocenters. The predicted octanol–water partition coefficient (Wildman–Crippen LogP) is -0.739. The zero-order chi connectivity index (χ0) is 10.6. The third-order valence-corrected chi connectivity index (χ3v) is 2.23. The number of carbonyl (C=O) groups excluding carboxylic acids is 1. The lowest BCUT2D eigenvalue weighted by molar-refractivity contribution is -0.151. The zero-order valence-electron chi connectivity index (χ0n) is 8.00. The summed E-state index contributed by atoms with van der Waals surface area (Å²) in [6.07, 6.45) is 1.66. The Balaban J connectivity index is 2.30. The first-order chi connectivity index (χ1) is 6.54. The van der Waals surface area contributed by atoms with Crippen molar-refractivity contribution >= 4 is 11.9 Å². The van der Waals surface area contributed by atoms with Crippen molar-refractivity contribution in [2.75, 3.05) is 13.2 Å². The summed E-state index contributed by atoms with van der Waals surface area (Å²) in [6.45, 7) is 2.03. The number of hydrogen-bond donors (Lipinski definition) is 3. The van der Waals surface area contributed by atoms with Crippen LogP contribution in [0.2, 0.25) is 0 Å². The molecule has 1 aliphatic rings. The molecular formula is C8H14N2O4. The monoisotopic (exact) mass is 202 g/mol. The summed E-state index contributed by atoms with van der Waals surface area (Å²) in [7, 11) is 0. The first-order valence-corrected chi connectivity index (χ1v) is 4.44. The molecule has 0 saturated carbocycles. The van der Waals surface area contributed by atoms with Gasteiger partial charge < -0.3 is 10.4 Å². The summed E-state index contributed by atoms with van der Waals surface area (Å²) in [6, 6.07) is 0. The lowest BCUT2D eigenvalue weighted by Gasteiger charge is -2.22. The van der Waals surface area contributed by atoms with Gasteiger partial charge in [0, 0.05) is 0 Å². The lowest BCUT2D eigenvalue weighted by atomic mass is 10.0. The van der Waals surface area contributed by atoms with Crippen molar-refractivity contribution in [3.63, 3.8) is 0 Å². The van der Waals surface area contributed by atoms with E-state index in [2.05, 4.69) is 15.6 Å². The molecule has 1 rings (SSSR count). The maximum Gasteiger partial charge on any atom is 0.332 e. The summed E-state index contributed by atoms with van der Waals surface area (Å²) in [4.78, 5) is 26.0. The molecule has 0 aromatic carbocycles. The van der Waals surface area contributed by atoms with E-state index >= 15 is 0 Å². The van der Waals surface area contributed by atoms with E-state index in [1.165, 1.54) is 0 Å². The highest BCUT2D eigenvalue weighted by Gasteiger charge is 2.36. The number of aliphatic carboxylic acids is 1. The summed E-state index contributed by atoms with van der Waals surface area (Å²) >= 11 is 0. The lowest BCUT2D eigenvalue weighted by Crippen LogP contribution is -2.51. The van der Waals surface area contributed by atoms with Crippen molar-refractivity contribution in [1.29, 1.82) is 0 Å². The molecule has 0 radical (unpaired) electrons. The van der Waals surface area contributed by atoms with Gasteiger partial charge in [0.05, 0.1) is 5.54 Å². The van der Waals surface area contributed by atoms with Gasteiger partial charge in [0.2, 0.25) is 0 Å². The van der Waals surface area contributed by atoms with E-state index in [0.717, 1.165) is 19.4 Å². The Morgan fingerprint density at radius 3 is 2.86 bits per heavy atom. The fourth-order valence-electron chi connectivity index (χ4n) is 1.36. The van der Waals surface area contributed by atoms with Gasteiger partial charge in [0.1, 0.15) is 0 Å². The summed E-state index contributed by atoms with van der Waals surface area (Å²) < 4.78 is 0. The van der Waals surface area contributed by atoms with Crippen molar-refractivity contribution in [2.45, 2.75) is 25.3 Å². The van der Waals surface area contributed by atoms with Gasteiger partial charge in [-0.05, 0) is 26.3 Å². The molecule has 1 fully saturated rings. The SMILES string of the molecule is CC1(C(=O)NOCC(=O)O)CCCN1. The Labute approximate surface area is 81.6 Å². The molecule has 6 heteroatoms. The van der Waals surface area contributed by atoms with E-state index in [9.17, 15) is 9.59 Å². The van der Waals surface area contributed by atoms with Crippen molar-refractivity contribution in [1.82, 2.24) is 10.8 Å². The highest BCUT2D eigenvalue weighted by atomic mass is 16.7. The molecule has 0 spiro atoms. The number of carboxylic acids is 1. The van der Waals surface area contributed by atoms with E-state index in [-0.39, 0.29) is 5.91 Å². The summed E-state index contributed by atoms with van der Waals surface area (Å²) in [5, 5.41) is 11.3. The van der Waals surface area contributed by atoms with Gasteiger partial charge in [-0.25, -0.2) is 10.3 Å². The van der Waals surface area contributed by atoms with Crippen molar-refractivity contribution in [3.05, 3.63) is 0 Å². The standard InChI is InChI=1S/C8H14N2O4/c1-8(3-2-4-9-8)7(13)10-14-5-6(11)12/h9H,2-5H2,1H3,(H,10,13)(H,11,12). The molecule has 6 nitrogen and oxygen atoms in total. The van der Waals surface area contributed by atoms with Crippen molar-refractivity contribution in [3.8, 4) is 0 Å². The van der Waals surface area contributed by atoms with Crippen LogP contribution in [0.3, 0.4) is 0 Å². The number of carbonyl (C=O) groups is 2. The number of rotatable bonds is 4. The zero-order valence-corrected chi connectivity index (χ0v) is 8.00. The summed E-state index contributed by atoms with van der Waals surface area (Å²) in [5.74, 6) is -1.44. The normalized spacial score (nSPS) is 26.1. The number of amides is 1. The van der Waals surface area contributed by atoms with Crippen LogP contribution in [0.1, 0.15) is 19.8 Å². The number of hydroxylamine groups is 1. The molecule has 1 atom stereocenters. The van der Waals surface area contributed by atoms with Gasteiger partial charge in [-0.3, -0.25) is 9.63 Å². The van der Waals surface area contributed by atoms with Crippen LogP contribution in [0, 0.1) is 0 Å². The quantitative estimate of drug-likeness (QED) is 0.523. The average molecular weight is 202 g/mol. The van der Waals surface area contributed by atoms with E-state index < -0.39 is 18.1 Å². The van der Waals surface area contributed by atoms with E-state index in [1.54, 1.807) is 6.92 Å². The van der Waals surface area contributed by atoms with Crippen LogP contribution < -0.4 is 10.8 Å². The highest BCUT2D eigenvalue weighted by molar-refractivity contribution is 5.85. The van der Waals surface area contributed by atoms with Crippen LogP contribution >= 0.6 is 0 Å². The van der Waals surface area contributed by atoms with Gasteiger partial charge >= 0.3 is 5.97 Å². The molecule has 1 amide bonds. The van der Waals surface area contributed by atoms with Crippen molar-refractivity contribution in [2.24, 2.45) is 0 Å². The second-order valence-electron chi connectivity index (χ2n) is 3.48. The molecule has 3 N–H and O–H groups in total. The molecule has 0 bridgehead atoms. The maximum absolute atomic E-state index is 11.5. The minimum absolute atomic E-state index is 0.323. The van der Waals surface area contributed by atoms with Gasteiger partial charge in [-0.15, -0.1) is 0 Å². The molecule has 80 valence electrons. The Bertz CT molecular complexity index is 235. The maximum atomic E-state index is 11.5. The molecule has 0 aromatic heterocycles. The van der Waals surface area contributed by atoms with E-state index in [0.29, 0.717) is 0 Å². The minimum Gasteiger partial charge on any atom is -0.479 e. The average Bonchev–Trinajstić information content (AvgIpc) is 2.52. The van der Waals surface area contributed by atoms with Gasteiger partial charge in [-0.2, -0.15) is 0 Å². The smallest absolute Gasteiger partial charge is 0.332 e. The van der Waals surface area contributed by atoms with Crippen LogP contribution in [-0.4, -0.2) is 35.7 Å². The first-order valence-electron chi connectivity index (χ1n) is 4.44. The fraction of sp³-hybridized carbons (Fsp3) is 0.750. The third kappa shape index (κ3) is 2.68. The Morgan fingerprint density at radius 2 is 2.36 bits per heavy atom. The minimum atomic E-state index is -1.12. The molecule has 14 heavy (non-hydrogen) atoms. The van der Waals surface area contributed by atoms with Gasteiger partial charge in [-0.1, -0.05) is 0 Å². The van der Waals surface area contributed by atoms with Gasteiger partial charge in [0.25, 0.3) is 5.91 Å². The molecule has 1 heterocycles. The largest absolute Gasteiger partial charge is 0.479 e. The Hall–Kier alpha value is -1.14. The Morgan fingerprint density at radius 1 is 1.64 bits per heavy atom. The third-order valence-electron chi connectivity index (χ3n) is 2.23. The number of hydrogen-bond acceptors (Lipinski definition) is 4. The molecular weight excluding hydrogens is 188 g/mol. The molecule has 0 aliphatic carbocycles. The second-order valence-corrected chi connectivity index (χ2v) is 3.48. The van der Waals surface area contributed by atoms with Crippen LogP contribution in [0.15, 0.2) is 0 Å². The van der Waals surface area contributed by atoms with Gasteiger partial charge in [0.15, 0.2) is 6.61 Å². The van der Waals surface area contributed by atoms with Crippen LogP contribution in [0.25, 0.3) is 0 Å². The van der Waals surface area contributed by atoms with E-state index in [4.69, 9.17) is 5.11 Å². The molecule has 1 saturated heterocycles. The van der Waals surface area contributed by atoms with Crippen LogP contribution in [0.5, 0.6) is 0 Å². The van der Waals surface area contributed by atoms with Crippen LogP contribution in [-0.2, 0) is 14.4 Å². The molecule has 1 aliphatic heterocycles. The predicted molar refractivity (Wildman–Crippen MR) is 47.4 cm³/mol. The summed E-state index contributed by atoms with van der Waals surface area (Å²) in [5.41, 5.74) is 1.49. The topological polar surface area (TPSA) is 87.7 Å². The van der Waals surface area contributed by atoms with Crippen LogP contribution in [0.4, 0.5) is 0 Å².